The van der Waals surface area contributed by atoms with Gasteiger partial charge in [-0.15, -0.1) is 0 Å². The van der Waals surface area contributed by atoms with Crippen LogP contribution in [0.25, 0.3) is 76.9 Å². The normalized spacial score (nSPS) is 11.5. The summed E-state index contributed by atoms with van der Waals surface area (Å²) in [6.45, 7) is 0. The maximum absolute atomic E-state index is 6.23. The van der Waals surface area contributed by atoms with E-state index in [0.29, 0.717) is 0 Å². The Labute approximate surface area is 302 Å². The van der Waals surface area contributed by atoms with Gasteiger partial charge in [0.2, 0.25) is 0 Å². The number of anilines is 3. The molecule has 10 aromatic rings. The topological polar surface area (TPSA) is 16.4 Å². The Bertz CT molecular complexity index is 2870. The van der Waals surface area contributed by atoms with Crippen LogP contribution in [0.3, 0.4) is 0 Å². The van der Waals surface area contributed by atoms with E-state index in [-0.39, 0.29) is 0 Å². The van der Waals surface area contributed by atoms with Gasteiger partial charge in [-0.3, -0.25) is 0 Å². The highest BCUT2D eigenvalue weighted by Crippen LogP contribution is 2.44. The minimum atomic E-state index is 0.916. The summed E-state index contributed by atoms with van der Waals surface area (Å²) in [5.41, 5.74) is 12.2. The first-order valence-corrected chi connectivity index (χ1v) is 17.8. The Morgan fingerprint density at radius 1 is 0.327 bits per heavy atom. The molecular weight excluding hydrogens is 631 g/mol. The number of para-hydroxylation sites is 1. The van der Waals surface area contributed by atoms with Crippen LogP contribution in [-0.4, -0.2) is 0 Å². The molecule has 0 N–H and O–H groups in total. The molecule has 0 amide bonds. The van der Waals surface area contributed by atoms with Gasteiger partial charge in [-0.05, 0) is 104 Å². The van der Waals surface area contributed by atoms with Gasteiger partial charge in [0.25, 0.3) is 0 Å². The molecule has 52 heavy (non-hydrogen) atoms. The van der Waals surface area contributed by atoms with Crippen molar-refractivity contribution in [3.05, 3.63) is 200 Å². The van der Waals surface area contributed by atoms with Gasteiger partial charge < -0.3 is 9.32 Å². The first kappa shape index (κ1) is 30.0. The Morgan fingerprint density at radius 2 is 0.865 bits per heavy atom. The number of rotatable bonds is 6. The summed E-state index contributed by atoms with van der Waals surface area (Å²) in [6, 6.07) is 71.8. The molecule has 1 heterocycles. The minimum Gasteiger partial charge on any atom is -0.456 e. The second-order valence-corrected chi connectivity index (χ2v) is 13.4. The van der Waals surface area contributed by atoms with Crippen molar-refractivity contribution < 1.29 is 4.42 Å². The number of hydrogen-bond donors (Lipinski definition) is 0. The smallest absolute Gasteiger partial charge is 0.136 e. The maximum Gasteiger partial charge on any atom is 0.136 e. The number of benzene rings is 9. The third kappa shape index (κ3) is 5.21. The summed E-state index contributed by atoms with van der Waals surface area (Å²) in [4.78, 5) is 2.40. The van der Waals surface area contributed by atoms with Crippen LogP contribution in [0.5, 0.6) is 0 Å². The fourth-order valence-electron chi connectivity index (χ4n) is 7.65. The van der Waals surface area contributed by atoms with Crippen LogP contribution in [0.1, 0.15) is 0 Å². The zero-order valence-electron chi connectivity index (χ0n) is 28.4. The van der Waals surface area contributed by atoms with Gasteiger partial charge in [0, 0.05) is 27.7 Å². The molecule has 0 fully saturated rings. The molecule has 0 saturated carbocycles. The van der Waals surface area contributed by atoms with Crippen LogP contribution in [0.4, 0.5) is 17.1 Å². The lowest BCUT2D eigenvalue weighted by molar-refractivity contribution is 0.669. The van der Waals surface area contributed by atoms with E-state index in [9.17, 15) is 0 Å². The van der Waals surface area contributed by atoms with E-state index in [1.54, 1.807) is 0 Å². The third-order valence-corrected chi connectivity index (χ3v) is 10.2. The van der Waals surface area contributed by atoms with Crippen molar-refractivity contribution in [2.45, 2.75) is 0 Å². The van der Waals surface area contributed by atoms with E-state index < -0.39 is 0 Å². The van der Waals surface area contributed by atoms with Crippen molar-refractivity contribution in [1.82, 2.24) is 0 Å². The number of furan rings is 1. The van der Waals surface area contributed by atoms with E-state index in [0.717, 1.165) is 39.2 Å². The van der Waals surface area contributed by atoms with Gasteiger partial charge in [-0.1, -0.05) is 146 Å². The molecule has 0 aliphatic carbocycles. The van der Waals surface area contributed by atoms with Crippen molar-refractivity contribution in [2.24, 2.45) is 0 Å². The predicted octanol–water partition coefficient (Wildman–Crippen LogP) is 14.4. The summed E-state index contributed by atoms with van der Waals surface area (Å²) in [7, 11) is 0. The van der Waals surface area contributed by atoms with Gasteiger partial charge in [0.15, 0.2) is 0 Å². The molecule has 0 spiro atoms. The molecule has 0 aliphatic rings. The predicted molar refractivity (Wildman–Crippen MR) is 220 cm³/mol. The van der Waals surface area contributed by atoms with Crippen molar-refractivity contribution in [2.75, 3.05) is 4.90 Å². The first-order valence-electron chi connectivity index (χ1n) is 17.8. The average molecular weight is 664 g/mol. The SMILES string of the molecule is c1ccc(-c2ccc(N(c3ccc(-c4ccc5ccc6oc7ccccc7c6c5c4)cc3)c3cc4ccccc4cc3-c3ccccc3)cc2)cc1. The Balaban J connectivity index is 1.13. The van der Waals surface area contributed by atoms with Crippen LogP contribution >= 0.6 is 0 Å². The number of nitrogens with zero attached hydrogens (tertiary/aromatic N) is 1. The highest BCUT2D eigenvalue weighted by atomic mass is 16.3. The monoisotopic (exact) mass is 663 g/mol. The van der Waals surface area contributed by atoms with Crippen molar-refractivity contribution in [3.63, 3.8) is 0 Å². The first-order chi connectivity index (χ1) is 25.8. The molecule has 0 saturated heterocycles. The molecule has 0 bridgehead atoms. The molecule has 0 aliphatic heterocycles. The molecule has 2 heteroatoms. The molecule has 2 nitrogen and oxygen atoms in total. The van der Waals surface area contributed by atoms with E-state index in [1.807, 2.05) is 12.1 Å². The summed E-state index contributed by atoms with van der Waals surface area (Å²) in [5.74, 6) is 0. The van der Waals surface area contributed by atoms with E-state index in [1.165, 1.54) is 54.7 Å². The maximum atomic E-state index is 6.23. The molecule has 244 valence electrons. The zero-order chi connectivity index (χ0) is 34.4. The summed E-state index contributed by atoms with van der Waals surface area (Å²) >= 11 is 0. The minimum absolute atomic E-state index is 0.916. The second-order valence-electron chi connectivity index (χ2n) is 13.4. The summed E-state index contributed by atoms with van der Waals surface area (Å²) < 4.78 is 6.23. The molecule has 9 aromatic carbocycles. The van der Waals surface area contributed by atoms with Gasteiger partial charge in [0.1, 0.15) is 11.2 Å². The second kappa shape index (κ2) is 12.5. The number of hydrogen-bond acceptors (Lipinski definition) is 2. The standard InChI is InChI=1S/C50H33NO/c1-3-11-34(12-4-1)35-21-26-42(27-22-35)51(47-33-40-16-8-7-15-39(40)31-45(47)37-13-5-2-6-14-37)43-28-23-36(24-29-43)41-20-19-38-25-30-49-50(46(38)32-41)44-17-9-10-18-48(44)52-49/h1-33H. The van der Waals surface area contributed by atoms with Gasteiger partial charge >= 0.3 is 0 Å². The highest BCUT2D eigenvalue weighted by molar-refractivity contribution is 6.19. The van der Waals surface area contributed by atoms with E-state index >= 15 is 0 Å². The summed E-state index contributed by atoms with van der Waals surface area (Å²) in [5, 5.41) is 7.14. The third-order valence-electron chi connectivity index (χ3n) is 10.2. The van der Waals surface area contributed by atoms with E-state index in [2.05, 4.69) is 193 Å². The van der Waals surface area contributed by atoms with Crippen LogP contribution in [0.2, 0.25) is 0 Å². The van der Waals surface area contributed by atoms with Crippen LogP contribution in [0.15, 0.2) is 205 Å². The van der Waals surface area contributed by atoms with Crippen LogP contribution in [0, 0.1) is 0 Å². The van der Waals surface area contributed by atoms with E-state index in [4.69, 9.17) is 4.42 Å². The molecule has 0 atom stereocenters. The van der Waals surface area contributed by atoms with Crippen LogP contribution in [-0.2, 0) is 0 Å². The molecule has 10 rings (SSSR count). The lowest BCUT2D eigenvalue weighted by Crippen LogP contribution is -2.11. The zero-order valence-corrected chi connectivity index (χ0v) is 28.4. The number of fused-ring (bicyclic) bond motifs is 6. The molecular formula is C50H33NO. The van der Waals surface area contributed by atoms with Crippen LogP contribution < -0.4 is 4.90 Å². The average Bonchev–Trinajstić information content (AvgIpc) is 3.61. The Hall–Kier alpha value is -6.90. The molecule has 0 unspecified atom stereocenters. The quantitative estimate of drug-likeness (QED) is 0.176. The molecule has 1 aromatic heterocycles. The lowest BCUT2D eigenvalue weighted by Gasteiger charge is -2.29. The lowest BCUT2D eigenvalue weighted by atomic mass is 9.96. The van der Waals surface area contributed by atoms with Gasteiger partial charge in [0.05, 0.1) is 5.69 Å². The van der Waals surface area contributed by atoms with Gasteiger partial charge in [-0.2, -0.15) is 0 Å². The largest absolute Gasteiger partial charge is 0.456 e. The van der Waals surface area contributed by atoms with Crippen molar-refractivity contribution >= 4 is 60.5 Å². The summed E-state index contributed by atoms with van der Waals surface area (Å²) in [6.07, 6.45) is 0. The fourth-order valence-corrected chi connectivity index (χ4v) is 7.65. The Morgan fingerprint density at radius 3 is 1.58 bits per heavy atom. The van der Waals surface area contributed by atoms with Gasteiger partial charge in [-0.25, -0.2) is 0 Å². The fraction of sp³-hybridized carbons (Fsp3) is 0. The molecule has 0 radical (unpaired) electrons. The van der Waals surface area contributed by atoms with Crippen molar-refractivity contribution in [1.29, 1.82) is 0 Å². The van der Waals surface area contributed by atoms with Crippen molar-refractivity contribution in [3.8, 4) is 33.4 Å². The highest BCUT2D eigenvalue weighted by Gasteiger charge is 2.19. The Kier molecular flexibility index (Phi) is 7.18.